The zero-order chi connectivity index (χ0) is 19.4. The zero-order valence-corrected chi connectivity index (χ0v) is 25.5. The Bertz CT molecular complexity index is 405. The monoisotopic (exact) mass is 490 g/mol. The SMILES string of the molecule is CO[Si](CCCS)(OC)OC.O.O.O=C([O-])CC(O)(CC(=O)[O-])C(=O)[O-].[Na+].[Na+].[Na+]. The Morgan fingerprint density at radius 1 is 0.897 bits per heavy atom. The summed E-state index contributed by atoms with van der Waals surface area (Å²) in [7, 11) is 2.58. The van der Waals surface area contributed by atoms with E-state index in [0.29, 0.717) is 0 Å². The van der Waals surface area contributed by atoms with E-state index in [1.54, 1.807) is 21.3 Å². The Morgan fingerprint density at radius 3 is 1.38 bits per heavy atom. The maximum Gasteiger partial charge on any atom is 1.00 e. The third kappa shape index (κ3) is 22.7. The first-order valence-corrected chi connectivity index (χ1v) is 9.18. The van der Waals surface area contributed by atoms with E-state index in [0.717, 1.165) is 18.2 Å². The molecule has 0 fully saturated rings. The molecule has 0 aliphatic heterocycles. The average Bonchev–Trinajstić information content (AvgIpc) is 2.48. The van der Waals surface area contributed by atoms with Crippen LogP contribution in [0, 0.1) is 0 Å². The van der Waals surface area contributed by atoms with E-state index in [1.807, 2.05) is 0 Å². The van der Waals surface area contributed by atoms with Crippen molar-refractivity contribution >= 4 is 39.3 Å². The minimum Gasteiger partial charge on any atom is -0.550 e. The Labute approximate surface area is 242 Å². The van der Waals surface area contributed by atoms with Crippen molar-refractivity contribution in [2.24, 2.45) is 0 Å². The Balaban J connectivity index is -0.0000000574. The fourth-order valence-electron chi connectivity index (χ4n) is 1.54. The Morgan fingerprint density at radius 2 is 1.21 bits per heavy atom. The van der Waals surface area contributed by atoms with E-state index < -0.39 is 45.2 Å². The molecule has 0 aromatic rings. The summed E-state index contributed by atoms with van der Waals surface area (Å²) in [5.41, 5.74) is -2.97. The van der Waals surface area contributed by atoms with Gasteiger partial charge in [-0.15, -0.1) is 0 Å². The first-order chi connectivity index (χ1) is 11.0. The molecule has 0 radical (unpaired) electrons. The van der Waals surface area contributed by atoms with Gasteiger partial charge in [0.2, 0.25) is 0 Å². The van der Waals surface area contributed by atoms with Crippen molar-refractivity contribution in [2.75, 3.05) is 27.1 Å². The van der Waals surface area contributed by atoms with Crippen LogP contribution in [-0.4, -0.2) is 75.5 Å². The molecule has 0 rings (SSSR count). The normalized spacial score (nSPS) is 9.41. The van der Waals surface area contributed by atoms with Crippen LogP contribution < -0.4 is 104 Å². The topological polar surface area (TPSA) is 231 Å². The van der Waals surface area contributed by atoms with Crippen LogP contribution in [0.4, 0.5) is 0 Å². The number of aliphatic carboxylic acids is 3. The smallest absolute Gasteiger partial charge is 0.550 e. The quantitative estimate of drug-likeness (QED) is 0.205. The molecule has 0 spiro atoms. The molecule has 17 heteroatoms. The van der Waals surface area contributed by atoms with Crippen LogP contribution in [0.25, 0.3) is 0 Å². The summed E-state index contributed by atoms with van der Waals surface area (Å²) >= 11 is 4.10. The molecule has 0 bridgehead atoms. The summed E-state index contributed by atoms with van der Waals surface area (Å²) in [5.74, 6) is -5.15. The van der Waals surface area contributed by atoms with E-state index in [-0.39, 0.29) is 99.6 Å². The molecule has 0 saturated heterocycles. The molecule has 0 aromatic carbocycles. The number of hydrogen-bond acceptors (Lipinski definition) is 11. The number of hydrogen-bond donors (Lipinski definition) is 2. The maximum atomic E-state index is 10.1. The van der Waals surface area contributed by atoms with Crippen molar-refractivity contribution in [1.29, 1.82) is 0 Å². The third-order valence-electron chi connectivity index (χ3n) is 2.83. The number of carbonyl (C=O) groups is 3. The van der Waals surface area contributed by atoms with E-state index in [9.17, 15) is 29.7 Å². The van der Waals surface area contributed by atoms with Crippen LogP contribution >= 0.6 is 12.6 Å². The van der Waals surface area contributed by atoms with Gasteiger partial charge >= 0.3 is 97.5 Å². The number of aliphatic hydroxyl groups is 1. The maximum absolute atomic E-state index is 10.1. The minimum atomic E-state index is -2.97. The van der Waals surface area contributed by atoms with E-state index >= 15 is 0 Å². The van der Waals surface area contributed by atoms with Gasteiger partial charge in [0.1, 0.15) is 5.60 Å². The second kappa shape index (κ2) is 26.0. The molecule has 5 N–H and O–H groups in total. The Hall–Kier alpha value is 1.74. The summed E-state index contributed by atoms with van der Waals surface area (Å²) in [6.07, 6.45) is -1.75. The number of carbonyl (C=O) groups excluding carboxylic acids is 3. The summed E-state index contributed by atoms with van der Waals surface area (Å²) in [5, 5.41) is 38.9. The van der Waals surface area contributed by atoms with Crippen LogP contribution in [0.3, 0.4) is 0 Å². The molecule has 0 aliphatic rings. The van der Waals surface area contributed by atoms with Crippen molar-refractivity contribution < 1.29 is 148 Å². The molecule has 29 heavy (non-hydrogen) atoms. The van der Waals surface area contributed by atoms with Gasteiger partial charge in [0.15, 0.2) is 0 Å². The standard InChI is InChI=1S/C6H8O7.C6H16O3SSi.3Na.2H2O/c7-3(8)1-6(13,5(11)12)2-4(9)10;1-7-11(8-2,9-3)6-4-5-10;;;;;/h13H,1-2H2,(H,7,8)(H,9,10)(H,11,12);10H,4-6H2,1-3H3;;;;2*1H2/q;;3*+1;;/p-3. The molecule has 158 valence electrons. The van der Waals surface area contributed by atoms with Crippen LogP contribution in [-0.2, 0) is 27.7 Å². The molecule has 0 aliphatic carbocycles. The Kier molecular flexibility index (Phi) is 43.2. The molecule has 0 saturated carbocycles. The van der Waals surface area contributed by atoms with Crippen molar-refractivity contribution in [1.82, 2.24) is 0 Å². The van der Waals surface area contributed by atoms with E-state index in [1.165, 1.54) is 0 Å². The average molecular weight is 490 g/mol. The largest absolute Gasteiger partial charge is 1.00 e. The predicted octanol–water partition coefficient (Wildman–Crippen LogP) is -14.7. The summed E-state index contributed by atoms with van der Waals surface area (Å²) in [6.45, 7) is 0. The summed E-state index contributed by atoms with van der Waals surface area (Å²) in [4.78, 5) is 30.0. The van der Waals surface area contributed by atoms with Crippen LogP contribution in [0.1, 0.15) is 19.3 Å². The molecule has 0 heterocycles. The number of thiol groups is 1. The van der Waals surface area contributed by atoms with Gasteiger partial charge in [0, 0.05) is 52.2 Å². The zero-order valence-electron chi connectivity index (χ0n) is 17.6. The van der Waals surface area contributed by atoms with Crippen molar-refractivity contribution in [3.05, 3.63) is 0 Å². The van der Waals surface area contributed by atoms with Crippen molar-refractivity contribution in [3.63, 3.8) is 0 Å². The molecule has 0 aromatic heterocycles. The number of carboxylic acid groups (broad SMARTS) is 3. The predicted molar refractivity (Wildman–Crippen MR) is 86.5 cm³/mol. The molecule has 12 nitrogen and oxygen atoms in total. The van der Waals surface area contributed by atoms with Gasteiger partial charge in [0.25, 0.3) is 0 Å². The fraction of sp³-hybridized carbons (Fsp3) is 0.750. The van der Waals surface area contributed by atoms with Gasteiger partial charge in [-0.1, -0.05) is 0 Å². The van der Waals surface area contributed by atoms with Gasteiger partial charge in [-0.25, -0.2) is 0 Å². The molecular weight excluding hydrogens is 465 g/mol. The first kappa shape index (κ1) is 48.2. The van der Waals surface area contributed by atoms with Crippen LogP contribution in [0.2, 0.25) is 6.04 Å². The van der Waals surface area contributed by atoms with Crippen molar-refractivity contribution in [2.45, 2.75) is 30.9 Å². The summed E-state index contributed by atoms with van der Waals surface area (Å²) < 4.78 is 15.6. The van der Waals surface area contributed by atoms with Crippen molar-refractivity contribution in [3.8, 4) is 0 Å². The second-order valence-electron chi connectivity index (χ2n) is 4.54. The fourth-order valence-corrected chi connectivity index (χ4v) is 3.71. The minimum absolute atomic E-state index is 0. The van der Waals surface area contributed by atoms with Gasteiger partial charge < -0.3 is 59.0 Å². The second-order valence-corrected chi connectivity index (χ2v) is 8.08. The van der Waals surface area contributed by atoms with Gasteiger partial charge in [0.05, 0.1) is 5.97 Å². The van der Waals surface area contributed by atoms with E-state index in [4.69, 9.17) is 18.4 Å². The van der Waals surface area contributed by atoms with Crippen LogP contribution in [0.5, 0.6) is 0 Å². The van der Waals surface area contributed by atoms with Gasteiger partial charge in [-0.3, -0.25) is 0 Å². The van der Waals surface area contributed by atoms with Gasteiger partial charge in [-0.2, -0.15) is 12.6 Å². The van der Waals surface area contributed by atoms with Crippen LogP contribution in [0.15, 0.2) is 0 Å². The van der Waals surface area contributed by atoms with E-state index in [2.05, 4.69) is 12.6 Å². The number of rotatable bonds is 11. The molecule has 0 atom stereocenters. The summed E-state index contributed by atoms with van der Waals surface area (Å²) in [6, 6.07) is 0.833. The first-order valence-electron chi connectivity index (χ1n) is 6.62. The molecule has 0 amide bonds. The molecular formula is C12H25Na3O12SSi. The van der Waals surface area contributed by atoms with Gasteiger partial charge in [-0.05, 0) is 12.2 Å². The third-order valence-corrected chi connectivity index (χ3v) is 5.98. The number of carboxylic acids is 3. The molecule has 0 unspecified atom stereocenters.